The minimum atomic E-state index is -0.953. The fraction of sp³-hybridized carbons (Fsp3) is 0.276. The molecule has 0 bridgehead atoms. The van der Waals surface area contributed by atoms with Crippen LogP contribution in [0.4, 0.5) is 5.69 Å². The van der Waals surface area contributed by atoms with E-state index >= 15 is 0 Å². The van der Waals surface area contributed by atoms with E-state index in [1.165, 1.54) is 5.56 Å². The van der Waals surface area contributed by atoms with Gasteiger partial charge in [0.05, 0.1) is 11.7 Å². The van der Waals surface area contributed by atoms with Gasteiger partial charge in [0.2, 0.25) is 0 Å². The Morgan fingerprint density at radius 1 is 1.00 bits per heavy atom. The average Bonchev–Trinajstić information content (AvgIpc) is 2.77. The summed E-state index contributed by atoms with van der Waals surface area (Å²) in [5.74, 6) is -0.953. The van der Waals surface area contributed by atoms with Crippen LogP contribution in [-0.2, 0) is 5.41 Å². The van der Waals surface area contributed by atoms with Crippen molar-refractivity contribution < 1.29 is 15.0 Å². The lowest BCUT2D eigenvalue weighted by molar-refractivity contribution is 0.0697. The van der Waals surface area contributed by atoms with E-state index in [9.17, 15) is 9.90 Å². The molecule has 1 atom stereocenters. The second-order valence-corrected chi connectivity index (χ2v) is 9.60. The van der Waals surface area contributed by atoms with Gasteiger partial charge in [0.1, 0.15) is 0 Å². The smallest absolute Gasteiger partial charge is 0.335 e. The first-order chi connectivity index (χ1) is 15.5. The van der Waals surface area contributed by atoms with Crippen molar-refractivity contribution in [2.45, 2.75) is 39.2 Å². The standard InChI is InChI=1S/C29H33NO3/c1-19-23(25(31)17-14-20-12-15-22(16-13-20)28(32)33)18-24(29(2,3)4)27(30(5)6)26(19)21-10-8-7-9-11-21/h7-18,25,31H,1-6H3,(H,32,33). The molecule has 4 nitrogen and oxygen atoms in total. The molecule has 1 unspecified atom stereocenters. The lowest BCUT2D eigenvalue weighted by Gasteiger charge is -2.32. The van der Waals surface area contributed by atoms with Gasteiger partial charge in [-0.1, -0.05) is 75.4 Å². The minimum Gasteiger partial charge on any atom is -0.478 e. The third-order valence-electron chi connectivity index (χ3n) is 5.86. The zero-order chi connectivity index (χ0) is 24.3. The van der Waals surface area contributed by atoms with Crippen molar-refractivity contribution in [1.82, 2.24) is 0 Å². The molecule has 0 heterocycles. The number of aliphatic hydroxyl groups is 1. The topological polar surface area (TPSA) is 60.8 Å². The predicted octanol–water partition coefficient (Wildman–Crippen LogP) is 6.47. The Labute approximate surface area is 196 Å². The van der Waals surface area contributed by atoms with Crippen LogP contribution < -0.4 is 4.90 Å². The van der Waals surface area contributed by atoms with Crippen LogP contribution in [-0.4, -0.2) is 30.3 Å². The van der Waals surface area contributed by atoms with E-state index in [2.05, 4.69) is 64.9 Å². The van der Waals surface area contributed by atoms with E-state index in [4.69, 9.17) is 5.11 Å². The number of hydrogen-bond acceptors (Lipinski definition) is 3. The highest BCUT2D eigenvalue weighted by atomic mass is 16.4. The number of aromatic carboxylic acids is 1. The van der Waals surface area contributed by atoms with Gasteiger partial charge in [0.15, 0.2) is 0 Å². The minimum absolute atomic E-state index is 0.123. The van der Waals surface area contributed by atoms with Crippen molar-refractivity contribution in [3.8, 4) is 11.1 Å². The molecule has 0 saturated carbocycles. The molecule has 4 heteroatoms. The number of carbonyl (C=O) groups is 1. The Morgan fingerprint density at radius 3 is 2.12 bits per heavy atom. The largest absolute Gasteiger partial charge is 0.478 e. The molecule has 0 spiro atoms. The third kappa shape index (κ3) is 5.35. The summed E-state index contributed by atoms with van der Waals surface area (Å²) in [5, 5.41) is 20.3. The van der Waals surface area contributed by atoms with Gasteiger partial charge in [-0.2, -0.15) is 0 Å². The molecule has 2 N–H and O–H groups in total. The van der Waals surface area contributed by atoms with Crippen molar-refractivity contribution in [3.05, 3.63) is 94.6 Å². The van der Waals surface area contributed by atoms with Crippen LogP contribution >= 0.6 is 0 Å². The van der Waals surface area contributed by atoms with Crippen LogP contribution in [0.15, 0.2) is 66.7 Å². The normalized spacial score (nSPS) is 12.7. The fourth-order valence-electron chi connectivity index (χ4n) is 4.13. The van der Waals surface area contributed by atoms with E-state index in [1.54, 1.807) is 30.3 Å². The van der Waals surface area contributed by atoms with E-state index in [0.29, 0.717) is 0 Å². The van der Waals surface area contributed by atoms with E-state index < -0.39 is 12.1 Å². The third-order valence-corrected chi connectivity index (χ3v) is 5.86. The van der Waals surface area contributed by atoms with Crippen LogP contribution in [0.3, 0.4) is 0 Å². The van der Waals surface area contributed by atoms with E-state index in [0.717, 1.165) is 33.5 Å². The molecule has 3 aromatic rings. The summed E-state index contributed by atoms with van der Waals surface area (Å²) in [7, 11) is 4.13. The molecule has 0 fully saturated rings. The SMILES string of the molecule is Cc1c(C(O)C=Cc2ccc(C(=O)O)cc2)cc(C(C)(C)C)c(N(C)C)c1-c1ccccc1. The number of carboxylic acids is 1. The molecule has 0 radical (unpaired) electrons. The van der Waals surface area contributed by atoms with Gasteiger partial charge in [-0.3, -0.25) is 0 Å². The molecular formula is C29H33NO3. The number of rotatable bonds is 6. The number of anilines is 1. The van der Waals surface area contributed by atoms with E-state index in [-0.39, 0.29) is 11.0 Å². The van der Waals surface area contributed by atoms with Crippen molar-refractivity contribution in [3.63, 3.8) is 0 Å². The first-order valence-corrected chi connectivity index (χ1v) is 11.1. The maximum atomic E-state index is 11.2. The van der Waals surface area contributed by atoms with Gasteiger partial charge >= 0.3 is 5.97 Å². The van der Waals surface area contributed by atoms with Crippen molar-refractivity contribution in [2.24, 2.45) is 0 Å². The molecule has 3 aromatic carbocycles. The Balaban J connectivity index is 2.14. The molecule has 0 aliphatic rings. The van der Waals surface area contributed by atoms with Crippen molar-refractivity contribution >= 4 is 17.7 Å². The highest BCUT2D eigenvalue weighted by molar-refractivity contribution is 5.88. The Hall–Kier alpha value is -3.37. The Kier molecular flexibility index (Phi) is 7.09. The van der Waals surface area contributed by atoms with Gasteiger partial charge in [0, 0.05) is 25.3 Å². The average molecular weight is 444 g/mol. The number of hydrogen-bond donors (Lipinski definition) is 2. The first-order valence-electron chi connectivity index (χ1n) is 11.1. The highest BCUT2D eigenvalue weighted by Gasteiger charge is 2.27. The predicted molar refractivity (Wildman–Crippen MR) is 137 cm³/mol. The zero-order valence-corrected chi connectivity index (χ0v) is 20.3. The summed E-state index contributed by atoms with van der Waals surface area (Å²) < 4.78 is 0. The number of nitrogens with zero attached hydrogens (tertiary/aromatic N) is 1. The summed E-state index contributed by atoms with van der Waals surface area (Å²) in [4.78, 5) is 13.2. The Bertz CT molecular complexity index is 1150. The van der Waals surface area contributed by atoms with Gasteiger partial charge in [0.25, 0.3) is 0 Å². The molecule has 3 rings (SSSR count). The van der Waals surface area contributed by atoms with Gasteiger partial charge < -0.3 is 15.1 Å². The molecule has 0 aliphatic carbocycles. The molecule has 33 heavy (non-hydrogen) atoms. The monoisotopic (exact) mass is 443 g/mol. The van der Waals surface area contributed by atoms with Gasteiger partial charge in [-0.25, -0.2) is 4.79 Å². The van der Waals surface area contributed by atoms with Crippen molar-refractivity contribution in [2.75, 3.05) is 19.0 Å². The number of carboxylic acid groups (broad SMARTS) is 1. The lowest BCUT2D eigenvalue weighted by Crippen LogP contribution is -2.22. The second-order valence-electron chi connectivity index (χ2n) is 9.60. The summed E-state index contributed by atoms with van der Waals surface area (Å²) in [5.41, 5.74) is 7.43. The number of benzene rings is 3. The maximum Gasteiger partial charge on any atom is 0.335 e. The molecule has 0 amide bonds. The van der Waals surface area contributed by atoms with Crippen molar-refractivity contribution in [1.29, 1.82) is 0 Å². The van der Waals surface area contributed by atoms with Gasteiger partial charge in [-0.15, -0.1) is 0 Å². The zero-order valence-electron chi connectivity index (χ0n) is 20.3. The highest BCUT2D eigenvalue weighted by Crippen LogP contribution is 2.44. The van der Waals surface area contributed by atoms with Gasteiger partial charge in [-0.05, 0) is 58.4 Å². The fourth-order valence-corrected chi connectivity index (χ4v) is 4.13. The van der Waals surface area contributed by atoms with Crippen LogP contribution in [0.1, 0.15) is 59.5 Å². The summed E-state index contributed by atoms with van der Waals surface area (Å²) >= 11 is 0. The summed E-state index contributed by atoms with van der Waals surface area (Å²) in [6.07, 6.45) is 2.78. The maximum absolute atomic E-state index is 11.2. The number of aliphatic hydroxyl groups excluding tert-OH is 1. The lowest BCUT2D eigenvalue weighted by atomic mass is 9.79. The quantitative estimate of drug-likeness (QED) is 0.458. The summed E-state index contributed by atoms with van der Waals surface area (Å²) in [6.45, 7) is 8.64. The van der Waals surface area contributed by atoms with E-state index in [1.807, 2.05) is 24.3 Å². The Morgan fingerprint density at radius 2 is 1.61 bits per heavy atom. The van der Waals surface area contributed by atoms with Crippen LogP contribution in [0.5, 0.6) is 0 Å². The molecule has 0 aromatic heterocycles. The molecule has 0 saturated heterocycles. The second kappa shape index (κ2) is 9.63. The van der Waals surface area contributed by atoms with Crippen LogP contribution in [0.25, 0.3) is 17.2 Å². The van der Waals surface area contributed by atoms with Crippen LogP contribution in [0, 0.1) is 6.92 Å². The molecule has 0 aliphatic heterocycles. The molecular weight excluding hydrogens is 410 g/mol. The molecule has 172 valence electrons. The first kappa shape index (κ1) is 24.3. The van der Waals surface area contributed by atoms with Crippen LogP contribution in [0.2, 0.25) is 0 Å². The summed E-state index contributed by atoms with van der Waals surface area (Å²) in [6, 6.07) is 19.0.